The molecule has 2 rings (SSSR count). The van der Waals surface area contributed by atoms with Crippen LogP contribution in [0.3, 0.4) is 0 Å². The van der Waals surface area contributed by atoms with Gasteiger partial charge in [0.2, 0.25) is 0 Å². The van der Waals surface area contributed by atoms with Gasteiger partial charge in [-0.1, -0.05) is 44.2 Å². The Balaban J connectivity index is 2.06. The fraction of sp³-hybridized carbons (Fsp3) is 0.350. The van der Waals surface area contributed by atoms with Crippen molar-refractivity contribution in [2.75, 3.05) is 6.54 Å². The molecule has 5 nitrogen and oxygen atoms in total. The molecule has 0 saturated carbocycles. The number of hydrogen-bond acceptors (Lipinski definition) is 4. The van der Waals surface area contributed by atoms with E-state index in [0.717, 1.165) is 18.4 Å². The van der Waals surface area contributed by atoms with Gasteiger partial charge in [0.15, 0.2) is 9.84 Å². The maximum Gasteiger partial charge on any atom is 0.251 e. The van der Waals surface area contributed by atoms with Crippen LogP contribution < -0.4 is 11.1 Å². The number of amides is 1. The maximum absolute atomic E-state index is 12.5. The van der Waals surface area contributed by atoms with Gasteiger partial charge in [0.25, 0.3) is 5.91 Å². The number of nitrogens with two attached hydrogens (primary N) is 1. The van der Waals surface area contributed by atoms with Crippen molar-refractivity contribution in [3.63, 3.8) is 0 Å². The van der Waals surface area contributed by atoms with E-state index in [0.29, 0.717) is 12.1 Å². The molecule has 0 heterocycles. The van der Waals surface area contributed by atoms with Gasteiger partial charge in [-0.15, -0.1) is 0 Å². The molecule has 0 saturated heterocycles. The lowest BCUT2D eigenvalue weighted by Gasteiger charge is -2.26. The van der Waals surface area contributed by atoms with E-state index in [2.05, 4.69) is 5.32 Å². The summed E-state index contributed by atoms with van der Waals surface area (Å²) in [7, 11) is -3.45. The van der Waals surface area contributed by atoms with E-state index in [9.17, 15) is 13.2 Å². The van der Waals surface area contributed by atoms with Crippen molar-refractivity contribution in [1.82, 2.24) is 5.32 Å². The van der Waals surface area contributed by atoms with Crippen molar-refractivity contribution in [2.24, 2.45) is 5.73 Å². The minimum atomic E-state index is -3.45. The van der Waals surface area contributed by atoms with E-state index in [1.165, 1.54) is 24.3 Å². The first-order valence-corrected chi connectivity index (χ1v) is 10.4. The maximum atomic E-state index is 12.5. The summed E-state index contributed by atoms with van der Waals surface area (Å²) in [6.07, 6.45) is 1.53. The van der Waals surface area contributed by atoms with E-state index in [-0.39, 0.29) is 16.6 Å². The van der Waals surface area contributed by atoms with Crippen molar-refractivity contribution >= 4 is 15.7 Å². The molecule has 0 radical (unpaired) electrons. The molecule has 0 aliphatic rings. The standard InChI is InChI=1S/C20H26N2O3S/c1-3-20(21,4-2)15-22-19(23)17-10-12-18(13-11-17)26(24,25)14-16-8-6-5-7-9-16/h5-13H,3-4,14-15,21H2,1-2H3,(H,22,23). The van der Waals surface area contributed by atoms with Crippen LogP contribution in [0.4, 0.5) is 0 Å². The summed E-state index contributed by atoms with van der Waals surface area (Å²) in [6.45, 7) is 4.36. The minimum Gasteiger partial charge on any atom is -0.350 e. The molecule has 0 aromatic heterocycles. The van der Waals surface area contributed by atoms with Crippen LogP contribution in [0.2, 0.25) is 0 Å². The fourth-order valence-electron chi connectivity index (χ4n) is 2.55. The predicted molar refractivity (Wildman–Crippen MR) is 104 cm³/mol. The van der Waals surface area contributed by atoms with Crippen molar-refractivity contribution in [3.8, 4) is 0 Å². The molecular formula is C20H26N2O3S. The Morgan fingerprint density at radius 3 is 2.12 bits per heavy atom. The van der Waals surface area contributed by atoms with Gasteiger partial charge < -0.3 is 11.1 Å². The third-order valence-electron chi connectivity index (χ3n) is 4.68. The van der Waals surface area contributed by atoms with Crippen LogP contribution in [0.5, 0.6) is 0 Å². The molecule has 2 aromatic carbocycles. The molecule has 6 heteroatoms. The Morgan fingerprint density at radius 1 is 1.00 bits per heavy atom. The Morgan fingerprint density at radius 2 is 1.58 bits per heavy atom. The minimum absolute atomic E-state index is 0.0674. The van der Waals surface area contributed by atoms with Gasteiger partial charge in [-0.3, -0.25) is 4.79 Å². The van der Waals surface area contributed by atoms with Crippen LogP contribution in [0.25, 0.3) is 0 Å². The SMILES string of the molecule is CCC(N)(CC)CNC(=O)c1ccc(S(=O)(=O)Cc2ccccc2)cc1. The van der Waals surface area contributed by atoms with Crippen molar-refractivity contribution in [1.29, 1.82) is 0 Å². The van der Waals surface area contributed by atoms with Gasteiger partial charge in [0.05, 0.1) is 10.6 Å². The van der Waals surface area contributed by atoms with Crippen LogP contribution >= 0.6 is 0 Å². The summed E-state index contributed by atoms with van der Waals surface area (Å²) in [5.74, 6) is -0.323. The molecule has 0 bridgehead atoms. The summed E-state index contributed by atoms with van der Waals surface area (Å²) < 4.78 is 25.0. The van der Waals surface area contributed by atoms with Gasteiger partial charge in [-0.25, -0.2) is 8.42 Å². The Bertz CT molecular complexity index is 827. The summed E-state index contributed by atoms with van der Waals surface area (Å²) in [5.41, 5.74) is 6.91. The first kappa shape index (κ1) is 20.1. The highest BCUT2D eigenvalue weighted by Crippen LogP contribution is 2.17. The third-order valence-corrected chi connectivity index (χ3v) is 6.39. The van der Waals surface area contributed by atoms with Crippen molar-refractivity contribution in [3.05, 3.63) is 65.7 Å². The number of rotatable bonds is 8. The van der Waals surface area contributed by atoms with Crippen molar-refractivity contribution in [2.45, 2.75) is 42.9 Å². The molecule has 1 amide bonds. The van der Waals surface area contributed by atoms with Gasteiger partial charge in [0.1, 0.15) is 0 Å². The molecule has 0 unspecified atom stereocenters. The smallest absolute Gasteiger partial charge is 0.251 e. The van der Waals surface area contributed by atoms with E-state index in [1.807, 2.05) is 32.0 Å². The molecular weight excluding hydrogens is 348 g/mol. The highest BCUT2D eigenvalue weighted by Gasteiger charge is 2.21. The highest BCUT2D eigenvalue weighted by atomic mass is 32.2. The largest absolute Gasteiger partial charge is 0.350 e. The second kappa shape index (κ2) is 8.47. The van der Waals surface area contributed by atoms with E-state index < -0.39 is 15.4 Å². The summed E-state index contributed by atoms with van der Waals surface area (Å²) in [5, 5.41) is 2.83. The number of carbonyl (C=O) groups excluding carboxylic acids is 1. The zero-order valence-corrected chi connectivity index (χ0v) is 16.1. The van der Waals surface area contributed by atoms with Crippen LogP contribution in [-0.2, 0) is 15.6 Å². The third kappa shape index (κ3) is 5.16. The van der Waals surface area contributed by atoms with Crippen LogP contribution in [0, 0.1) is 0 Å². The average Bonchev–Trinajstić information content (AvgIpc) is 2.66. The fourth-order valence-corrected chi connectivity index (χ4v) is 3.90. The quantitative estimate of drug-likeness (QED) is 0.743. The van der Waals surface area contributed by atoms with E-state index in [1.54, 1.807) is 12.1 Å². The number of benzene rings is 2. The van der Waals surface area contributed by atoms with Gasteiger partial charge in [0, 0.05) is 17.6 Å². The van der Waals surface area contributed by atoms with E-state index in [4.69, 9.17) is 5.73 Å². The molecule has 2 aromatic rings. The Labute approximate surface area is 155 Å². The molecule has 26 heavy (non-hydrogen) atoms. The second-order valence-corrected chi connectivity index (χ2v) is 8.51. The van der Waals surface area contributed by atoms with Gasteiger partial charge >= 0.3 is 0 Å². The predicted octanol–water partition coefficient (Wildman–Crippen LogP) is 2.91. The average molecular weight is 375 g/mol. The Kier molecular flexibility index (Phi) is 6.56. The van der Waals surface area contributed by atoms with Crippen LogP contribution in [0.15, 0.2) is 59.5 Å². The summed E-state index contributed by atoms with van der Waals surface area (Å²) >= 11 is 0. The highest BCUT2D eigenvalue weighted by molar-refractivity contribution is 7.90. The lowest BCUT2D eigenvalue weighted by Crippen LogP contribution is -2.49. The number of sulfone groups is 1. The molecule has 0 aliphatic heterocycles. The molecule has 0 atom stereocenters. The molecule has 140 valence electrons. The number of nitrogens with one attached hydrogen (secondary N) is 1. The molecule has 0 fully saturated rings. The van der Waals surface area contributed by atoms with Gasteiger partial charge in [-0.05, 0) is 42.7 Å². The zero-order valence-electron chi connectivity index (χ0n) is 15.2. The normalized spacial score (nSPS) is 12.0. The second-order valence-electron chi connectivity index (χ2n) is 6.52. The molecule has 0 aliphatic carbocycles. The summed E-state index contributed by atoms with van der Waals surface area (Å²) in [6, 6.07) is 15.0. The zero-order chi connectivity index (χ0) is 19.2. The lowest BCUT2D eigenvalue weighted by atomic mass is 9.94. The Hall–Kier alpha value is -2.18. The van der Waals surface area contributed by atoms with E-state index >= 15 is 0 Å². The first-order valence-electron chi connectivity index (χ1n) is 8.73. The molecule has 0 spiro atoms. The van der Waals surface area contributed by atoms with Gasteiger partial charge in [-0.2, -0.15) is 0 Å². The topological polar surface area (TPSA) is 89.3 Å². The van der Waals surface area contributed by atoms with Crippen molar-refractivity contribution < 1.29 is 13.2 Å². The number of carbonyl (C=O) groups is 1. The first-order chi connectivity index (χ1) is 12.3. The number of hydrogen-bond donors (Lipinski definition) is 2. The van der Waals surface area contributed by atoms with Crippen LogP contribution in [-0.4, -0.2) is 26.4 Å². The summed E-state index contributed by atoms with van der Waals surface area (Å²) in [4.78, 5) is 12.5. The molecule has 3 N–H and O–H groups in total. The monoisotopic (exact) mass is 374 g/mol. The van der Waals surface area contributed by atoms with Crippen LogP contribution in [0.1, 0.15) is 42.6 Å². The lowest BCUT2D eigenvalue weighted by molar-refractivity contribution is 0.0942.